The van der Waals surface area contributed by atoms with Crippen LogP contribution in [0.3, 0.4) is 0 Å². The van der Waals surface area contributed by atoms with E-state index in [1.807, 2.05) is 16.7 Å². The second kappa shape index (κ2) is 7.24. The Labute approximate surface area is 102 Å². The van der Waals surface area contributed by atoms with Gasteiger partial charge in [0.25, 0.3) is 0 Å². The van der Waals surface area contributed by atoms with Crippen LogP contribution in [0.15, 0.2) is 0 Å². The van der Waals surface area contributed by atoms with Gasteiger partial charge in [0, 0.05) is 39.1 Å². The van der Waals surface area contributed by atoms with Crippen molar-refractivity contribution < 1.29 is 9.59 Å². The largest absolute Gasteiger partial charge is 0.369 e. The first-order valence-corrected chi connectivity index (χ1v) is 6.12. The minimum absolute atomic E-state index is 0.162. The molecular formula is C11H22N4O2. The summed E-state index contributed by atoms with van der Waals surface area (Å²) < 4.78 is 0. The van der Waals surface area contributed by atoms with Crippen molar-refractivity contribution in [3.63, 3.8) is 0 Å². The standard InChI is InChI=1S/C11H22N4O2/c1-2-14(9-10(12)16)6-3-11(17)15-7-4-13-5-8-15/h13H,2-9H2,1H3,(H2,12,16). The molecule has 0 radical (unpaired) electrons. The van der Waals surface area contributed by atoms with Gasteiger partial charge in [-0.1, -0.05) is 6.92 Å². The molecule has 1 saturated heterocycles. The molecule has 0 aromatic heterocycles. The van der Waals surface area contributed by atoms with E-state index in [0.717, 1.165) is 32.7 Å². The maximum Gasteiger partial charge on any atom is 0.231 e. The fourth-order valence-electron chi connectivity index (χ4n) is 1.90. The van der Waals surface area contributed by atoms with E-state index in [1.165, 1.54) is 0 Å². The molecule has 0 aromatic rings. The quantitative estimate of drug-likeness (QED) is 0.601. The van der Waals surface area contributed by atoms with Crippen LogP contribution >= 0.6 is 0 Å². The highest BCUT2D eigenvalue weighted by Crippen LogP contribution is 1.99. The van der Waals surface area contributed by atoms with Crippen molar-refractivity contribution in [2.24, 2.45) is 5.73 Å². The summed E-state index contributed by atoms with van der Waals surface area (Å²) in [6.45, 7) is 6.81. The van der Waals surface area contributed by atoms with Gasteiger partial charge in [-0.05, 0) is 6.54 Å². The molecule has 1 fully saturated rings. The summed E-state index contributed by atoms with van der Waals surface area (Å²) in [5.41, 5.74) is 5.13. The maximum atomic E-state index is 11.9. The molecule has 0 saturated carbocycles. The summed E-state index contributed by atoms with van der Waals surface area (Å²) >= 11 is 0. The monoisotopic (exact) mass is 242 g/mol. The second-order valence-corrected chi connectivity index (χ2v) is 4.22. The molecule has 3 N–H and O–H groups in total. The highest BCUT2D eigenvalue weighted by atomic mass is 16.2. The van der Waals surface area contributed by atoms with E-state index in [2.05, 4.69) is 5.32 Å². The molecule has 1 heterocycles. The molecule has 0 atom stereocenters. The summed E-state index contributed by atoms with van der Waals surface area (Å²) in [6, 6.07) is 0. The third kappa shape index (κ3) is 5.14. The fraction of sp³-hybridized carbons (Fsp3) is 0.818. The Morgan fingerprint density at radius 1 is 1.35 bits per heavy atom. The zero-order chi connectivity index (χ0) is 12.7. The third-order valence-corrected chi connectivity index (χ3v) is 2.94. The van der Waals surface area contributed by atoms with E-state index >= 15 is 0 Å². The third-order valence-electron chi connectivity index (χ3n) is 2.94. The lowest BCUT2D eigenvalue weighted by molar-refractivity contribution is -0.132. The number of hydrogen-bond donors (Lipinski definition) is 2. The SMILES string of the molecule is CCN(CCC(=O)N1CCNCC1)CC(N)=O. The Morgan fingerprint density at radius 3 is 2.53 bits per heavy atom. The average Bonchev–Trinajstić information content (AvgIpc) is 2.34. The van der Waals surface area contributed by atoms with Gasteiger partial charge >= 0.3 is 0 Å². The highest BCUT2D eigenvalue weighted by Gasteiger charge is 2.17. The average molecular weight is 242 g/mol. The van der Waals surface area contributed by atoms with Crippen LogP contribution in [0, 0.1) is 0 Å². The number of nitrogens with zero attached hydrogens (tertiary/aromatic N) is 2. The van der Waals surface area contributed by atoms with Crippen LogP contribution in [0.2, 0.25) is 0 Å². The number of nitrogens with two attached hydrogens (primary N) is 1. The maximum absolute atomic E-state index is 11.9. The fourth-order valence-corrected chi connectivity index (χ4v) is 1.90. The smallest absolute Gasteiger partial charge is 0.231 e. The van der Waals surface area contributed by atoms with Crippen LogP contribution in [-0.2, 0) is 9.59 Å². The summed E-state index contributed by atoms with van der Waals surface area (Å²) in [7, 11) is 0. The zero-order valence-corrected chi connectivity index (χ0v) is 10.4. The van der Waals surface area contributed by atoms with Gasteiger partial charge in [0.1, 0.15) is 0 Å². The molecule has 1 rings (SSSR count). The molecule has 2 amide bonds. The van der Waals surface area contributed by atoms with E-state index in [-0.39, 0.29) is 18.4 Å². The van der Waals surface area contributed by atoms with Crippen molar-refractivity contribution in [1.29, 1.82) is 0 Å². The molecule has 6 nitrogen and oxygen atoms in total. The van der Waals surface area contributed by atoms with Crippen LogP contribution < -0.4 is 11.1 Å². The summed E-state index contributed by atoms with van der Waals surface area (Å²) in [5, 5.41) is 3.21. The lowest BCUT2D eigenvalue weighted by Crippen LogP contribution is -2.47. The summed E-state index contributed by atoms with van der Waals surface area (Å²) in [4.78, 5) is 26.4. The number of amides is 2. The summed E-state index contributed by atoms with van der Waals surface area (Å²) in [6.07, 6.45) is 0.459. The number of rotatable bonds is 6. The second-order valence-electron chi connectivity index (χ2n) is 4.22. The first-order valence-electron chi connectivity index (χ1n) is 6.12. The number of primary amides is 1. The van der Waals surface area contributed by atoms with Crippen molar-refractivity contribution in [2.75, 3.05) is 45.8 Å². The number of carbonyl (C=O) groups excluding carboxylic acids is 2. The molecular weight excluding hydrogens is 220 g/mol. The molecule has 17 heavy (non-hydrogen) atoms. The molecule has 6 heteroatoms. The molecule has 0 bridgehead atoms. The van der Waals surface area contributed by atoms with Gasteiger partial charge in [-0.2, -0.15) is 0 Å². The molecule has 0 aliphatic carbocycles. The number of piperazine rings is 1. The van der Waals surface area contributed by atoms with Crippen molar-refractivity contribution in [2.45, 2.75) is 13.3 Å². The highest BCUT2D eigenvalue weighted by molar-refractivity contribution is 5.77. The topological polar surface area (TPSA) is 78.7 Å². The number of hydrogen-bond acceptors (Lipinski definition) is 4. The van der Waals surface area contributed by atoms with Crippen LogP contribution in [0.4, 0.5) is 0 Å². The van der Waals surface area contributed by atoms with Crippen LogP contribution in [0.25, 0.3) is 0 Å². The zero-order valence-electron chi connectivity index (χ0n) is 10.4. The van der Waals surface area contributed by atoms with E-state index in [0.29, 0.717) is 13.0 Å². The Hall–Kier alpha value is -1.14. The first-order chi connectivity index (χ1) is 8.13. The van der Waals surface area contributed by atoms with Gasteiger partial charge in [0.15, 0.2) is 0 Å². The lowest BCUT2D eigenvalue weighted by atomic mass is 10.3. The van der Waals surface area contributed by atoms with Gasteiger partial charge in [-0.25, -0.2) is 0 Å². The number of likely N-dealkylation sites (N-methyl/N-ethyl adjacent to an activating group) is 1. The molecule has 0 spiro atoms. The number of carbonyl (C=O) groups is 2. The Kier molecular flexibility index (Phi) is 5.93. The van der Waals surface area contributed by atoms with E-state index in [4.69, 9.17) is 5.73 Å². The van der Waals surface area contributed by atoms with Gasteiger partial charge < -0.3 is 16.0 Å². The minimum Gasteiger partial charge on any atom is -0.369 e. The minimum atomic E-state index is -0.346. The van der Waals surface area contributed by atoms with Gasteiger partial charge in [-0.3, -0.25) is 14.5 Å². The number of nitrogens with one attached hydrogen (secondary N) is 1. The first kappa shape index (κ1) is 13.9. The Balaban J connectivity index is 2.27. The Morgan fingerprint density at radius 2 is 2.00 bits per heavy atom. The predicted octanol–water partition coefficient (Wildman–Crippen LogP) is -1.38. The van der Waals surface area contributed by atoms with Gasteiger partial charge in [0.2, 0.25) is 11.8 Å². The molecule has 0 unspecified atom stereocenters. The Bertz CT molecular complexity index is 264. The van der Waals surface area contributed by atoms with Crippen molar-refractivity contribution in [3.8, 4) is 0 Å². The molecule has 1 aliphatic heterocycles. The van der Waals surface area contributed by atoms with Crippen molar-refractivity contribution >= 4 is 11.8 Å². The van der Waals surface area contributed by atoms with Crippen molar-refractivity contribution in [3.05, 3.63) is 0 Å². The predicted molar refractivity (Wildman–Crippen MR) is 65.4 cm³/mol. The molecule has 0 aromatic carbocycles. The molecule has 1 aliphatic rings. The summed E-state index contributed by atoms with van der Waals surface area (Å²) in [5.74, 6) is -0.184. The van der Waals surface area contributed by atoms with E-state index in [1.54, 1.807) is 0 Å². The van der Waals surface area contributed by atoms with Gasteiger partial charge in [-0.15, -0.1) is 0 Å². The van der Waals surface area contributed by atoms with E-state index < -0.39 is 0 Å². The normalized spacial score (nSPS) is 16.2. The van der Waals surface area contributed by atoms with Crippen molar-refractivity contribution in [1.82, 2.24) is 15.1 Å². The van der Waals surface area contributed by atoms with Crippen LogP contribution in [-0.4, -0.2) is 67.4 Å². The van der Waals surface area contributed by atoms with Crippen LogP contribution in [0.1, 0.15) is 13.3 Å². The lowest BCUT2D eigenvalue weighted by Gasteiger charge is -2.28. The van der Waals surface area contributed by atoms with E-state index in [9.17, 15) is 9.59 Å². The van der Waals surface area contributed by atoms with Gasteiger partial charge in [0.05, 0.1) is 6.54 Å². The van der Waals surface area contributed by atoms with Crippen LogP contribution in [0.5, 0.6) is 0 Å². The molecule has 98 valence electrons.